The molecular formula is C13H15BrClNO2. The average Bonchev–Trinajstić information content (AvgIpc) is 2.86. The van der Waals surface area contributed by atoms with E-state index >= 15 is 0 Å². The van der Waals surface area contributed by atoms with Gasteiger partial charge < -0.3 is 9.64 Å². The van der Waals surface area contributed by atoms with Crippen LogP contribution in [0.4, 0.5) is 0 Å². The first-order chi connectivity index (χ1) is 8.65. The number of carbonyl (C=O) groups excluding carboxylic acids is 1. The topological polar surface area (TPSA) is 29.5 Å². The lowest BCUT2D eigenvalue weighted by Crippen LogP contribution is -2.28. The van der Waals surface area contributed by atoms with Crippen LogP contribution < -0.4 is 4.74 Å². The van der Waals surface area contributed by atoms with E-state index in [1.54, 1.807) is 25.3 Å². The molecule has 18 heavy (non-hydrogen) atoms. The molecule has 1 unspecified atom stereocenters. The third kappa shape index (κ3) is 2.81. The van der Waals surface area contributed by atoms with Crippen LogP contribution in [-0.4, -0.2) is 36.9 Å². The van der Waals surface area contributed by atoms with Crippen LogP contribution in [0.15, 0.2) is 22.7 Å². The van der Waals surface area contributed by atoms with Gasteiger partial charge in [0.1, 0.15) is 5.75 Å². The van der Waals surface area contributed by atoms with Gasteiger partial charge in [-0.3, -0.25) is 4.79 Å². The summed E-state index contributed by atoms with van der Waals surface area (Å²) in [6.45, 7) is 1.55. The molecule has 0 bridgehead atoms. The van der Waals surface area contributed by atoms with Crippen molar-refractivity contribution < 1.29 is 9.53 Å². The van der Waals surface area contributed by atoms with E-state index in [-0.39, 0.29) is 5.91 Å². The van der Waals surface area contributed by atoms with Gasteiger partial charge in [-0.25, -0.2) is 0 Å². The van der Waals surface area contributed by atoms with E-state index in [0.29, 0.717) is 17.4 Å². The number of halogens is 2. The van der Waals surface area contributed by atoms with E-state index < -0.39 is 0 Å². The number of ether oxygens (including phenoxy) is 1. The summed E-state index contributed by atoms with van der Waals surface area (Å²) >= 11 is 9.22. The van der Waals surface area contributed by atoms with Crippen molar-refractivity contribution in [2.24, 2.45) is 5.92 Å². The second-order valence-corrected chi connectivity index (χ2v) is 5.57. The smallest absolute Gasteiger partial charge is 0.253 e. The number of hydrogen-bond donors (Lipinski definition) is 0. The van der Waals surface area contributed by atoms with Crippen molar-refractivity contribution in [3.8, 4) is 5.75 Å². The maximum absolute atomic E-state index is 12.3. The van der Waals surface area contributed by atoms with Crippen molar-refractivity contribution in [1.82, 2.24) is 4.90 Å². The number of nitrogens with zero attached hydrogens (tertiary/aromatic N) is 1. The maximum Gasteiger partial charge on any atom is 0.253 e. The molecule has 0 aromatic heterocycles. The first-order valence-corrected chi connectivity index (χ1v) is 7.17. The minimum atomic E-state index is 0.0611. The van der Waals surface area contributed by atoms with Crippen LogP contribution in [0.5, 0.6) is 5.75 Å². The summed E-state index contributed by atoms with van der Waals surface area (Å²) in [5.41, 5.74) is 0.679. The summed E-state index contributed by atoms with van der Waals surface area (Å²) in [6, 6.07) is 5.39. The van der Waals surface area contributed by atoms with Crippen molar-refractivity contribution in [3.63, 3.8) is 0 Å². The van der Waals surface area contributed by atoms with Crippen LogP contribution in [0.3, 0.4) is 0 Å². The van der Waals surface area contributed by atoms with Gasteiger partial charge in [0, 0.05) is 24.5 Å². The van der Waals surface area contributed by atoms with Crippen molar-refractivity contribution in [2.75, 3.05) is 26.1 Å². The van der Waals surface area contributed by atoms with Gasteiger partial charge in [0.2, 0.25) is 0 Å². The average molecular weight is 333 g/mol. The predicted molar refractivity (Wildman–Crippen MR) is 75.4 cm³/mol. The fourth-order valence-corrected chi connectivity index (χ4v) is 2.92. The first kappa shape index (κ1) is 13.7. The lowest BCUT2D eigenvalue weighted by molar-refractivity contribution is 0.0788. The molecule has 2 rings (SSSR count). The maximum atomic E-state index is 12.3. The molecule has 1 aliphatic heterocycles. The summed E-state index contributed by atoms with van der Waals surface area (Å²) in [5.74, 6) is 1.84. The molecule has 0 N–H and O–H groups in total. The number of alkyl halides is 1. The van der Waals surface area contributed by atoms with Crippen LogP contribution in [0, 0.1) is 5.92 Å². The van der Waals surface area contributed by atoms with Crippen molar-refractivity contribution >= 4 is 33.4 Å². The van der Waals surface area contributed by atoms with Crippen LogP contribution in [0.1, 0.15) is 16.8 Å². The van der Waals surface area contributed by atoms with Crippen LogP contribution in [-0.2, 0) is 0 Å². The van der Waals surface area contributed by atoms with Gasteiger partial charge in [-0.15, -0.1) is 11.6 Å². The zero-order valence-corrected chi connectivity index (χ0v) is 12.5. The molecule has 0 saturated carbocycles. The highest BCUT2D eigenvalue weighted by Crippen LogP contribution is 2.27. The molecule has 0 aliphatic carbocycles. The fraction of sp³-hybridized carbons (Fsp3) is 0.462. The molecule has 1 heterocycles. The Morgan fingerprint density at radius 1 is 1.61 bits per heavy atom. The lowest BCUT2D eigenvalue weighted by Gasteiger charge is -2.16. The Bertz CT molecular complexity index is 453. The number of likely N-dealkylation sites (tertiary alicyclic amines) is 1. The molecular weight excluding hydrogens is 318 g/mol. The Hall–Kier alpha value is -0.740. The van der Waals surface area contributed by atoms with E-state index in [1.165, 1.54) is 0 Å². The highest BCUT2D eigenvalue weighted by atomic mass is 79.9. The molecule has 98 valence electrons. The van der Waals surface area contributed by atoms with E-state index in [2.05, 4.69) is 15.9 Å². The van der Waals surface area contributed by atoms with E-state index in [9.17, 15) is 4.79 Å². The van der Waals surface area contributed by atoms with Gasteiger partial charge >= 0.3 is 0 Å². The minimum Gasteiger partial charge on any atom is -0.496 e. The van der Waals surface area contributed by atoms with Crippen LogP contribution >= 0.6 is 27.5 Å². The van der Waals surface area contributed by atoms with Gasteiger partial charge in [-0.1, -0.05) is 0 Å². The Morgan fingerprint density at radius 2 is 2.39 bits per heavy atom. The third-order valence-electron chi connectivity index (χ3n) is 3.19. The summed E-state index contributed by atoms with van der Waals surface area (Å²) in [7, 11) is 1.60. The van der Waals surface area contributed by atoms with Gasteiger partial charge in [0.15, 0.2) is 0 Å². The van der Waals surface area contributed by atoms with Gasteiger partial charge in [-0.05, 0) is 46.5 Å². The molecule has 1 fully saturated rings. The van der Waals surface area contributed by atoms with E-state index in [1.807, 2.05) is 4.90 Å². The molecule has 3 nitrogen and oxygen atoms in total. The SMILES string of the molecule is COc1ccc(C(=O)N2CCC(CCl)C2)cc1Br. The Balaban J connectivity index is 2.12. The normalized spacial score (nSPS) is 19.1. The number of benzene rings is 1. The lowest BCUT2D eigenvalue weighted by atomic mass is 10.1. The summed E-state index contributed by atoms with van der Waals surface area (Å²) in [4.78, 5) is 14.1. The fourth-order valence-electron chi connectivity index (χ4n) is 2.13. The standard InChI is InChI=1S/C13H15BrClNO2/c1-18-12-3-2-10(6-11(12)14)13(17)16-5-4-9(7-15)8-16/h2-3,6,9H,4-5,7-8H2,1H3. The molecule has 0 spiro atoms. The molecule has 1 aromatic carbocycles. The third-order valence-corrected chi connectivity index (χ3v) is 4.25. The summed E-state index contributed by atoms with van der Waals surface area (Å²) in [6.07, 6.45) is 0.993. The highest BCUT2D eigenvalue weighted by Gasteiger charge is 2.26. The van der Waals surface area contributed by atoms with Gasteiger partial charge in [0.25, 0.3) is 5.91 Å². The van der Waals surface area contributed by atoms with E-state index in [0.717, 1.165) is 29.7 Å². The zero-order chi connectivity index (χ0) is 13.1. The van der Waals surface area contributed by atoms with Crippen molar-refractivity contribution in [2.45, 2.75) is 6.42 Å². The second-order valence-electron chi connectivity index (χ2n) is 4.41. The molecule has 1 aliphatic rings. The zero-order valence-electron chi connectivity index (χ0n) is 10.2. The summed E-state index contributed by atoms with van der Waals surface area (Å²) < 4.78 is 5.95. The molecule has 1 atom stereocenters. The number of hydrogen-bond acceptors (Lipinski definition) is 2. The van der Waals surface area contributed by atoms with Crippen molar-refractivity contribution in [1.29, 1.82) is 0 Å². The molecule has 5 heteroatoms. The van der Waals surface area contributed by atoms with Gasteiger partial charge in [0.05, 0.1) is 11.6 Å². The highest BCUT2D eigenvalue weighted by molar-refractivity contribution is 9.10. The molecule has 1 amide bonds. The number of carbonyl (C=O) groups is 1. The predicted octanol–water partition coefficient (Wildman–Crippen LogP) is 3.16. The minimum absolute atomic E-state index is 0.0611. The molecule has 1 saturated heterocycles. The van der Waals surface area contributed by atoms with Crippen LogP contribution in [0.25, 0.3) is 0 Å². The van der Waals surface area contributed by atoms with Crippen LogP contribution in [0.2, 0.25) is 0 Å². The Morgan fingerprint density at radius 3 is 2.94 bits per heavy atom. The van der Waals surface area contributed by atoms with Gasteiger partial charge in [-0.2, -0.15) is 0 Å². The first-order valence-electron chi connectivity index (χ1n) is 5.84. The Kier molecular flexibility index (Phi) is 4.51. The quantitative estimate of drug-likeness (QED) is 0.796. The largest absolute Gasteiger partial charge is 0.496 e. The molecule has 0 radical (unpaired) electrons. The monoisotopic (exact) mass is 331 g/mol. The van der Waals surface area contributed by atoms with Crippen molar-refractivity contribution in [3.05, 3.63) is 28.2 Å². The Labute approximate surface area is 120 Å². The molecule has 1 aromatic rings. The second kappa shape index (κ2) is 5.93. The number of rotatable bonds is 3. The number of methoxy groups -OCH3 is 1. The summed E-state index contributed by atoms with van der Waals surface area (Å²) in [5, 5.41) is 0. The van der Waals surface area contributed by atoms with E-state index in [4.69, 9.17) is 16.3 Å². The number of amides is 1.